The standard InChI is InChI=1S/C16H25ClN2O2/c1-3-4-5-6-7-10-18-12-16(20)19-13-8-9-15(21-2)14(17)11-13/h8-9,11,18H,3-7,10,12H2,1-2H3,(H,19,20). The molecule has 0 aliphatic rings. The number of methoxy groups -OCH3 is 1. The van der Waals surface area contributed by atoms with Gasteiger partial charge in [0.15, 0.2) is 0 Å². The maximum Gasteiger partial charge on any atom is 0.238 e. The van der Waals surface area contributed by atoms with Gasteiger partial charge in [0.25, 0.3) is 0 Å². The number of rotatable bonds is 10. The molecule has 0 heterocycles. The van der Waals surface area contributed by atoms with E-state index in [9.17, 15) is 4.79 Å². The first-order valence-electron chi connectivity index (χ1n) is 7.51. The van der Waals surface area contributed by atoms with Crippen LogP contribution in [0.25, 0.3) is 0 Å². The number of ether oxygens (including phenoxy) is 1. The van der Waals surface area contributed by atoms with Crippen LogP contribution >= 0.6 is 11.6 Å². The molecule has 0 bridgehead atoms. The van der Waals surface area contributed by atoms with Crippen molar-refractivity contribution in [1.82, 2.24) is 5.32 Å². The van der Waals surface area contributed by atoms with Crippen LogP contribution in [-0.2, 0) is 4.79 Å². The van der Waals surface area contributed by atoms with Crippen LogP contribution in [0.3, 0.4) is 0 Å². The van der Waals surface area contributed by atoms with Crippen molar-refractivity contribution >= 4 is 23.2 Å². The number of hydrogen-bond donors (Lipinski definition) is 2. The van der Waals surface area contributed by atoms with Crippen LogP contribution in [0.15, 0.2) is 18.2 Å². The summed E-state index contributed by atoms with van der Waals surface area (Å²) in [7, 11) is 1.56. The van der Waals surface area contributed by atoms with Crippen molar-refractivity contribution in [1.29, 1.82) is 0 Å². The molecule has 0 aliphatic carbocycles. The van der Waals surface area contributed by atoms with Crippen LogP contribution in [0.5, 0.6) is 5.75 Å². The summed E-state index contributed by atoms with van der Waals surface area (Å²) in [5.41, 5.74) is 0.676. The van der Waals surface area contributed by atoms with E-state index in [4.69, 9.17) is 16.3 Å². The van der Waals surface area contributed by atoms with Gasteiger partial charge < -0.3 is 15.4 Å². The van der Waals surface area contributed by atoms with Gasteiger partial charge in [0.1, 0.15) is 5.75 Å². The highest BCUT2D eigenvalue weighted by molar-refractivity contribution is 6.32. The van der Waals surface area contributed by atoms with Gasteiger partial charge in [-0.2, -0.15) is 0 Å². The molecular formula is C16H25ClN2O2. The third-order valence-electron chi connectivity index (χ3n) is 3.18. The Morgan fingerprint density at radius 3 is 2.67 bits per heavy atom. The largest absolute Gasteiger partial charge is 0.495 e. The lowest BCUT2D eigenvalue weighted by atomic mass is 10.1. The molecule has 0 aromatic heterocycles. The Balaban J connectivity index is 2.20. The molecule has 118 valence electrons. The number of halogens is 1. The molecule has 0 unspecified atom stereocenters. The van der Waals surface area contributed by atoms with Crippen LogP contribution in [0.2, 0.25) is 5.02 Å². The molecule has 0 radical (unpaired) electrons. The Kier molecular flexibility index (Phi) is 8.87. The number of nitrogens with one attached hydrogen (secondary N) is 2. The number of amides is 1. The van der Waals surface area contributed by atoms with Crippen LogP contribution in [0.1, 0.15) is 39.0 Å². The summed E-state index contributed by atoms with van der Waals surface area (Å²) >= 11 is 6.01. The van der Waals surface area contributed by atoms with E-state index in [1.165, 1.54) is 25.7 Å². The summed E-state index contributed by atoms with van der Waals surface area (Å²) in [6.45, 7) is 3.39. The van der Waals surface area contributed by atoms with Gasteiger partial charge in [0.05, 0.1) is 18.7 Å². The fourth-order valence-electron chi connectivity index (χ4n) is 2.00. The molecule has 1 amide bonds. The van der Waals surface area contributed by atoms with Crippen molar-refractivity contribution in [2.24, 2.45) is 0 Å². The minimum Gasteiger partial charge on any atom is -0.495 e. The number of anilines is 1. The van der Waals surface area contributed by atoms with Crippen molar-refractivity contribution in [3.8, 4) is 5.75 Å². The minimum absolute atomic E-state index is 0.0650. The first-order valence-corrected chi connectivity index (χ1v) is 7.89. The number of carbonyl (C=O) groups is 1. The lowest BCUT2D eigenvalue weighted by Gasteiger charge is -2.09. The summed E-state index contributed by atoms with van der Waals surface area (Å²) in [6.07, 6.45) is 6.14. The highest BCUT2D eigenvalue weighted by Gasteiger charge is 2.05. The predicted octanol–water partition coefficient (Wildman–Crippen LogP) is 3.85. The first kappa shape index (κ1) is 17.8. The van der Waals surface area contributed by atoms with Gasteiger partial charge >= 0.3 is 0 Å². The smallest absolute Gasteiger partial charge is 0.238 e. The third kappa shape index (κ3) is 7.34. The van der Waals surface area contributed by atoms with Crippen LogP contribution in [0, 0.1) is 0 Å². The fourth-order valence-corrected chi connectivity index (χ4v) is 2.26. The van der Waals surface area contributed by atoms with E-state index < -0.39 is 0 Å². The van der Waals surface area contributed by atoms with E-state index in [0.29, 0.717) is 23.0 Å². The SMILES string of the molecule is CCCCCCCNCC(=O)Nc1ccc(OC)c(Cl)c1. The molecule has 0 aliphatic heterocycles. The van der Waals surface area contributed by atoms with Gasteiger partial charge in [0.2, 0.25) is 5.91 Å². The van der Waals surface area contributed by atoms with Crippen molar-refractivity contribution < 1.29 is 9.53 Å². The van der Waals surface area contributed by atoms with Gasteiger partial charge in [-0.1, -0.05) is 44.2 Å². The van der Waals surface area contributed by atoms with E-state index in [-0.39, 0.29) is 5.91 Å². The first-order chi connectivity index (χ1) is 10.2. The van der Waals surface area contributed by atoms with E-state index in [1.807, 2.05) is 0 Å². The monoisotopic (exact) mass is 312 g/mol. The minimum atomic E-state index is -0.0650. The Labute approximate surface area is 132 Å². The van der Waals surface area contributed by atoms with E-state index in [2.05, 4.69) is 17.6 Å². The Bertz CT molecular complexity index is 438. The lowest BCUT2D eigenvalue weighted by Crippen LogP contribution is -2.28. The highest BCUT2D eigenvalue weighted by atomic mass is 35.5. The summed E-state index contributed by atoms with van der Waals surface area (Å²) < 4.78 is 5.07. The maximum atomic E-state index is 11.8. The molecular weight excluding hydrogens is 288 g/mol. The lowest BCUT2D eigenvalue weighted by molar-refractivity contribution is -0.115. The second-order valence-corrected chi connectivity index (χ2v) is 5.40. The van der Waals surface area contributed by atoms with Crippen molar-refractivity contribution in [2.45, 2.75) is 39.0 Å². The van der Waals surface area contributed by atoms with E-state index >= 15 is 0 Å². The Morgan fingerprint density at radius 1 is 1.24 bits per heavy atom. The van der Waals surface area contributed by atoms with Gasteiger partial charge in [-0.05, 0) is 31.2 Å². The number of benzene rings is 1. The predicted molar refractivity (Wildman–Crippen MR) is 88.3 cm³/mol. The molecule has 1 rings (SSSR count). The van der Waals surface area contributed by atoms with Gasteiger partial charge in [0, 0.05) is 5.69 Å². The molecule has 0 saturated carbocycles. The molecule has 0 atom stereocenters. The quantitative estimate of drug-likeness (QED) is 0.645. The molecule has 21 heavy (non-hydrogen) atoms. The number of hydrogen-bond acceptors (Lipinski definition) is 3. The Morgan fingerprint density at radius 2 is 2.00 bits per heavy atom. The summed E-state index contributed by atoms with van der Waals surface area (Å²) in [6, 6.07) is 5.19. The maximum absolute atomic E-state index is 11.8. The molecule has 1 aromatic carbocycles. The normalized spacial score (nSPS) is 10.4. The zero-order chi connectivity index (χ0) is 15.5. The van der Waals surface area contributed by atoms with E-state index in [0.717, 1.165) is 13.0 Å². The second-order valence-electron chi connectivity index (χ2n) is 4.99. The summed E-state index contributed by atoms with van der Waals surface area (Å²) in [4.78, 5) is 11.8. The van der Waals surface area contributed by atoms with Crippen LogP contribution in [-0.4, -0.2) is 26.1 Å². The topological polar surface area (TPSA) is 50.4 Å². The highest BCUT2D eigenvalue weighted by Crippen LogP contribution is 2.27. The molecule has 0 spiro atoms. The molecule has 0 fully saturated rings. The molecule has 4 nitrogen and oxygen atoms in total. The molecule has 0 saturated heterocycles. The third-order valence-corrected chi connectivity index (χ3v) is 3.47. The van der Waals surface area contributed by atoms with Crippen LogP contribution in [0.4, 0.5) is 5.69 Å². The average molecular weight is 313 g/mol. The molecule has 5 heteroatoms. The number of unbranched alkanes of at least 4 members (excludes halogenated alkanes) is 4. The van der Waals surface area contributed by atoms with Gasteiger partial charge in [-0.3, -0.25) is 4.79 Å². The van der Waals surface area contributed by atoms with Crippen molar-refractivity contribution in [3.05, 3.63) is 23.2 Å². The zero-order valence-corrected chi connectivity index (χ0v) is 13.6. The van der Waals surface area contributed by atoms with Gasteiger partial charge in [-0.25, -0.2) is 0 Å². The Hall–Kier alpha value is -1.26. The number of carbonyl (C=O) groups excluding carboxylic acids is 1. The summed E-state index contributed by atoms with van der Waals surface area (Å²) in [5.74, 6) is 0.532. The van der Waals surface area contributed by atoms with Crippen molar-refractivity contribution in [2.75, 3.05) is 25.5 Å². The zero-order valence-electron chi connectivity index (χ0n) is 12.9. The van der Waals surface area contributed by atoms with E-state index in [1.54, 1.807) is 25.3 Å². The van der Waals surface area contributed by atoms with Crippen LogP contribution < -0.4 is 15.4 Å². The van der Waals surface area contributed by atoms with Crippen molar-refractivity contribution in [3.63, 3.8) is 0 Å². The van der Waals surface area contributed by atoms with Gasteiger partial charge in [-0.15, -0.1) is 0 Å². The molecule has 2 N–H and O–H groups in total. The second kappa shape index (κ2) is 10.5. The average Bonchev–Trinajstić information content (AvgIpc) is 2.46. The molecule has 1 aromatic rings. The summed E-state index contributed by atoms with van der Waals surface area (Å²) in [5, 5.41) is 6.44. The fraction of sp³-hybridized carbons (Fsp3) is 0.562.